The van der Waals surface area contributed by atoms with Gasteiger partial charge in [0.15, 0.2) is 5.96 Å². The number of nitrogens with zero attached hydrogens (tertiary/aromatic N) is 3. The number of aryl methyl sites for hydroxylation is 2. The van der Waals surface area contributed by atoms with E-state index in [1.165, 1.54) is 23.4 Å². The van der Waals surface area contributed by atoms with Crippen LogP contribution in [0.25, 0.3) is 0 Å². The first-order valence-corrected chi connectivity index (χ1v) is 10.7. The lowest BCUT2D eigenvalue weighted by Crippen LogP contribution is -2.38. The summed E-state index contributed by atoms with van der Waals surface area (Å²) in [6, 6.07) is 7.34. The van der Waals surface area contributed by atoms with Gasteiger partial charge in [0.25, 0.3) is 0 Å². The molecule has 1 aliphatic rings. The Labute approximate surface area is 193 Å². The van der Waals surface area contributed by atoms with Crippen molar-refractivity contribution in [1.82, 2.24) is 15.2 Å². The summed E-state index contributed by atoms with van der Waals surface area (Å²) in [5.74, 6) is 0.761. The lowest BCUT2D eigenvalue weighted by atomic mass is 10.0. The summed E-state index contributed by atoms with van der Waals surface area (Å²) >= 11 is 7.99. The van der Waals surface area contributed by atoms with Crippen LogP contribution in [0.2, 0.25) is 5.02 Å². The molecule has 0 fully saturated rings. The van der Waals surface area contributed by atoms with Gasteiger partial charge in [0, 0.05) is 29.1 Å². The Kier molecular flexibility index (Phi) is 9.46. The van der Waals surface area contributed by atoms with E-state index >= 15 is 0 Å². The highest BCUT2D eigenvalue weighted by atomic mass is 127. The molecule has 1 atom stereocenters. The fourth-order valence-electron chi connectivity index (χ4n) is 3.24. The molecule has 1 aromatic carbocycles. The summed E-state index contributed by atoms with van der Waals surface area (Å²) < 4.78 is 0. The minimum Gasteiger partial charge on any atom is -0.386 e. The molecule has 0 saturated heterocycles. The zero-order valence-electron chi connectivity index (χ0n) is 16.3. The zero-order valence-corrected chi connectivity index (χ0v) is 20.2. The summed E-state index contributed by atoms with van der Waals surface area (Å²) in [7, 11) is 2.00. The van der Waals surface area contributed by atoms with Crippen molar-refractivity contribution in [2.45, 2.75) is 45.3 Å². The summed E-state index contributed by atoms with van der Waals surface area (Å²) in [6.07, 6.45) is 4.06. The number of fused-ring (bicyclic) bond motifs is 1. The van der Waals surface area contributed by atoms with E-state index in [1.807, 2.05) is 43.5 Å². The topological polar surface area (TPSA) is 60.8 Å². The lowest BCUT2D eigenvalue weighted by Gasteiger charge is -2.21. The van der Waals surface area contributed by atoms with Gasteiger partial charge in [0.2, 0.25) is 0 Å². The normalized spacial score (nSPS) is 14.8. The molecule has 28 heavy (non-hydrogen) atoms. The molecule has 2 aromatic rings. The molecule has 2 N–H and O–H groups in total. The molecule has 8 heteroatoms. The Morgan fingerprint density at radius 3 is 2.82 bits per heavy atom. The van der Waals surface area contributed by atoms with Crippen molar-refractivity contribution >= 4 is 52.9 Å². The molecule has 3 rings (SSSR count). The molecule has 0 aliphatic heterocycles. The van der Waals surface area contributed by atoms with Crippen LogP contribution >= 0.6 is 46.9 Å². The van der Waals surface area contributed by atoms with Gasteiger partial charge >= 0.3 is 0 Å². The summed E-state index contributed by atoms with van der Waals surface area (Å²) in [6.45, 7) is 3.77. The van der Waals surface area contributed by atoms with Crippen molar-refractivity contribution in [3.05, 3.63) is 50.4 Å². The van der Waals surface area contributed by atoms with Crippen LogP contribution in [0.3, 0.4) is 0 Å². The number of aliphatic hydroxyl groups is 1. The second-order valence-corrected chi connectivity index (χ2v) is 8.35. The third-order valence-electron chi connectivity index (χ3n) is 4.64. The van der Waals surface area contributed by atoms with Gasteiger partial charge in [-0.15, -0.1) is 35.3 Å². The number of thiazole rings is 1. The molecule has 0 amide bonds. The number of rotatable bonds is 6. The lowest BCUT2D eigenvalue weighted by molar-refractivity contribution is 0.186. The molecule has 5 nitrogen and oxygen atoms in total. The van der Waals surface area contributed by atoms with E-state index in [0.717, 1.165) is 30.4 Å². The molecule has 0 bridgehead atoms. The average Bonchev–Trinajstić information content (AvgIpc) is 3.07. The molecular formula is C20H28ClIN4OS. The number of hydrogen-bond acceptors (Lipinski definition) is 4. The van der Waals surface area contributed by atoms with E-state index in [4.69, 9.17) is 16.6 Å². The number of hydrogen-bond donors (Lipinski definition) is 2. The Morgan fingerprint density at radius 1 is 1.36 bits per heavy atom. The number of aromatic nitrogens is 1. The average molecular weight is 535 g/mol. The molecule has 1 aliphatic carbocycles. The highest BCUT2D eigenvalue weighted by Gasteiger charge is 2.17. The Morgan fingerprint density at radius 2 is 2.11 bits per heavy atom. The quantitative estimate of drug-likeness (QED) is 0.327. The third-order valence-corrected chi connectivity index (χ3v) is 6.12. The summed E-state index contributed by atoms with van der Waals surface area (Å²) in [4.78, 5) is 12.9. The SMILES string of the molecule is CCNC(=NCC(O)c1ccccc1Cl)N(C)Cc1nc2c(s1)CCCC2.I. The zero-order chi connectivity index (χ0) is 19.2. The number of halogens is 2. The van der Waals surface area contributed by atoms with Crippen LogP contribution in [0.1, 0.15) is 47.0 Å². The van der Waals surface area contributed by atoms with Gasteiger partial charge in [-0.1, -0.05) is 29.8 Å². The van der Waals surface area contributed by atoms with Crippen molar-refractivity contribution in [3.63, 3.8) is 0 Å². The molecule has 0 saturated carbocycles. The minimum absolute atomic E-state index is 0. The maximum Gasteiger partial charge on any atom is 0.194 e. The van der Waals surface area contributed by atoms with Crippen LogP contribution in [0, 0.1) is 0 Å². The monoisotopic (exact) mass is 534 g/mol. The maximum atomic E-state index is 10.5. The molecule has 1 aromatic heterocycles. The third kappa shape index (κ3) is 6.05. The van der Waals surface area contributed by atoms with Crippen molar-refractivity contribution in [2.24, 2.45) is 4.99 Å². The first-order chi connectivity index (χ1) is 13.1. The van der Waals surface area contributed by atoms with Gasteiger partial charge in [-0.2, -0.15) is 0 Å². The Balaban J connectivity index is 0.00000280. The van der Waals surface area contributed by atoms with Crippen LogP contribution in [0.5, 0.6) is 0 Å². The number of nitrogens with one attached hydrogen (secondary N) is 1. The van der Waals surface area contributed by atoms with Crippen LogP contribution in [0.15, 0.2) is 29.3 Å². The first kappa shape index (κ1) is 23.4. The van der Waals surface area contributed by atoms with Gasteiger partial charge in [-0.3, -0.25) is 4.99 Å². The number of benzene rings is 1. The number of aliphatic imine (C=N–C) groups is 1. The molecular weight excluding hydrogens is 507 g/mol. The van der Waals surface area contributed by atoms with Crippen LogP contribution in [0.4, 0.5) is 0 Å². The first-order valence-electron chi connectivity index (χ1n) is 9.48. The van der Waals surface area contributed by atoms with Crippen molar-refractivity contribution < 1.29 is 5.11 Å². The molecule has 1 heterocycles. The highest BCUT2D eigenvalue weighted by molar-refractivity contribution is 14.0. The molecule has 154 valence electrons. The largest absolute Gasteiger partial charge is 0.386 e. The van der Waals surface area contributed by atoms with E-state index in [1.54, 1.807) is 6.07 Å². The predicted octanol–water partition coefficient (Wildman–Crippen LogP) is 4.42. The minimum atomic E-state index is -0.729. The predicted molar refractivity (Wildman–Crippen MR) is 128 cm³/mol. The second kappa shape index (κ2) is 11.3. The maximum absolute atomic E-state index is 10.5. The smallest absolute Gasteiger partial charge is 0.194 e. The standard InChI is InChI=1S/C20H27ClN4OS.HI/c1-3-22-20(23-12-17(26)14-8-4-5-9-15(14)21)25(2)13-19-24-16-10-6-7-11-18(16)27-19;/h4-5,8-9,17,26H,3,6-7,10-13H2,1-2H3,(H,22,23);1H. The second-order valence-electron chi connectivity index (χ2n) is 6.77. The fourth-order valence-corrected chi connectivity index (χ4v) is 4.71. The Hall–Kier alpha value is -0.900. The van der Waals surface area contributed by atoms with Crippen molar-refractivity contribution in [1.29, 1.82) is 0 Å². The molecule has 0 radical (unpaired) electrons. The van der Waals surface area contributed by atoms with Crippen molar-refractivity contribution in [2.75, 3.05) is 20.1 Å². The van der Waals surface area contributed by atoms with Gasteiger partial charge in [0.1, 0.15) is 11.1 Å². The highest BCUT2D eigenvalue weighted by Crippen LogP contribution is 2.27. The summed E-state index contributed by atoms with van der Waals surface area (Å²) in [5.41, 5.74) is 1.99. The van der Waals surface area contributed by atoms with Crippen LogP contribution < -0.4 is 5.32 Å². The Bertz CT molecular complexity index is 775. The van der Waals surface area contributed by atoms with Crippen molar-refractivity contribution in [3.8, 4) is 0 Å². The van der Waals surface area contributed by atoms with Gasteiger partial charge in [0.05, 0.1) is 18.8 Å². The van der Waals surface area contributed by atoms with E-state index in [2.05, 4.69) is 15.2 Å². The van der Waals surface area contributed by atoms with E-state index in [-0.39, 0.29) is 30.5 Å². The molecule has 0 spiro atoms. The number of guanidine groups is 1. The summed E-state index contributed by atoms with van der Waals surface area (Å²) in [5, 5.41) is 15.4. The van der Waals surface area contributed by atoms with Crippen LogP contribution in [-0.4, -0.2) is 41.1 Å². The van der Waals surface area contributed by atoms with Crippen LogP contribution in [-0.2, 0) is 19.4 Å². The van der Waals surface area contributed by atoms with Gasteiger partial charge in [-0.25, -0.2) is 4.98 Å². The van der Waals surface area contributed by atoms with E-state index in [9.17, 15) is 5.11 Å². The molecule has 1 unspecified atom stereocenters. The van der Waals surface area contributed by atoms with E-state index in [0.29, 0.717) is 17.1 Å². The van der Waals surface area contributed by atoms with Gasteiger partial charge < -0.3 is 15.3 Å². The number of aliphatic hydroxyl groups excluding tert-OH is 1. The van der Waals surface area contributed by atoms with Gasteiger partial charge in [-0.05, 0) is 38.7 Å². The van der Waals surface area contributed by atoms with E-state index < -0.39 is 6.10 Å². The fraction of sp³-hybridized carbons (Fsp3) is 0.500.